The molecular formula is C8H13N7S2. The lowest BCUT2D eigenvalue weighted by molar-refractivity contribution is 0.564. The Morgan fingerprint density at radius 1 is 1.35 bits per heavy atom. The van der Waals surface area contributed by atoms with Gasteiger partial charge in [-0.05, 0) is 16.8 Å². The van der Waals surface area contributed by atoms with E-state index >= 15 is 0 Å². The maximum atomic E-state index is 4.05. The van der Waals surface area contributed by atoms with Crippen molar-refractivity contribution in [1.82, 2.24) is 30.4 Å². The molecule has 0 aliphatic heterocycles. The monoisotopic (exact) mass is 271 g/mol. The Hall–Kier alpha value is -1.22. The van der Waals surface area contributed by atoms with Gasteiger partial charge in [0, 0.05) is 13.6 Å². The number of hydrogen-bond donors (Lipinski definition) is 1. The van der Waals surface area contributed by atoms with E-state index in [9.17, 15) is 0 Å². The van der Waals surface area contributed by atoms with Crippen LogP contribution in [0.4, 0.5) is 5.13 Å². The van der Waals surface area contributed by atoms with Gasteiger partial charge in [0.1, 0.15) is 0 Å². The number of hydrogen-bond acceptors (Lipinski definition) is 8. The van der Waals surface area contributed by atoms with Crippen LogP contribution in [0, 0.1) is 0 Å². The number of aromatic nitrogens is 6. The Balaban J connectivity index is 1.94. The van der Waals surface area contributed by atoms with Crippen LogP contribution >= 0.6 is 23.1 Å². The lowest BCUT2D eigenvalue weighted by Gasteiger charge is -2.00. The van der Waals surface area contributed by atoms with Gasteiger partial charge in [0.25, 0.3) is 0 Å². The molecule has 92 valence electrons. The van der Waals surface area contributed by atoms with E-state index in [0.29, 0.717) is 5.75 Å². The van der Waals surface area contributed by atoms with Gasteiger partial charge >= 0.3 is 0 Å². The summed E-state index contributed by atoms with van der Waals surface area (Å²) < 4.78 is 2.74. The molecule has 0 saturated heterocycles. The molecule has 0 aromatic carbocycles. The summed E-state index contributed by atoms with van der Waals surface area (Å²) >= 11 is 3.12. The van der Waals surface area contributed by atoms with Crippen molar-refractivity contribution < 1.29 is 0 Å². The predicted molar refractivity (Wildman–Crippen MR) is 67.1 cm³/mol. The van der Waals surface area contributed by atoms with Gasteiger partial charge in [-0.25, -0.2) is 4.68 Å². The summed E-state index contributed by atoms with van der Waals surface area (Å²) in [6.07, 6.45) is 1.02. The second-order valence-electron chi connectivity index (χ2n) is 3.23. The molecular weight excluding hydrogens is 258 g/mol. The number of anilines is 1. The van der Waals surface area contributed by atoms with Gasteiger partial charge in [0.15, 0.2) is 10.2 Å². The smallest absolute Gasteiger partial charge is 0.206 e. The number of tetrazole rings is 1. The lowest BCUT2D eigenvalue weighted by atomic mass is 10.5. The molecule has 0 aliphatic carbocycles. The fraction of sp³-hybridized carbons (Fsp3) is 0.625. The van der Waals surface area contributed by atoms with Crippen LogP contribution < -0.4 is 5.32 Å². The minimum atomic E-state index is 0.714. The number of rotatable bonds is 6. The standard InChI is InChI=1S/C8H13N7S2/c1-3-4-15-6(10-13-14-15)5-16-8-12-11-7(9-2)17-8/h3-5H2,1-2H3,(H,9,11). The van der Waals surface area contributed by atoms with Crippen LogP contribution in [0.15, 0.2) is 4.34 Å². The maximum Gasteiger partial charge on any atom is 0.206 e. The summed E-state index contributed by atoms with van der Waals surface area (Å²) in [6.45, 7) is 2.95. The van der Waals surface area contributed by atoms with Crippen molar-refractivity contribution in [3.05, 3.63) is 5.82 Å². The van der Waals surface area contributed by atoms with Gasteiger partial charge in [-0.3, -0.25) is 0 Å². The van der Waals surface area contributed by atoms with Crippen molar-refractivity contribution in [2.75, 3.05) is 12.4 Å². The molecule has 0 atom stereocenters. The first-order chi connectivity index (χ1) is 8.33. The third kappa shape index (κ3) is 3.13. The SMILES string of the molecule is CCCn1nnnc1CSc1nnc(NC)s1. The first-order valence-electron chi connectivity index (χ1n) is 5.22. The largest absolute Gasteiger partial charge is 0.363 e. The van der Waals surface area contributed by atoms with Crippen LogP contribution in [0.2, 0.25) is 0 Å². The second-order valence-corrected chi connectivity index (χ2v) is 5.43. The highest BCUT2D eigenvalue weighted by Gasteiger charge is 2.08. The molecule has 0 aliphatic rings. The van der Waals surface area contributed by atoms with Crippen molar-refractivity contribution in [3.63, 3.8) is 0 Å². The Kier molecular flexibility index (Phi) is 4.26. The molecule has 0 fully saturated rings. The van der Waals surface area contributed by atoms with Crippen LogP contribution in [0.3, 0.4) is 0 Å². The number of nitrogens with zero attached hydrogens (tertiary/aromatic N) is 6. The average Bonchev–Trinajstić information content (AvgIpc) is 2.95. The first-order valence-corrected chi connectivity index (χ1v) is 7.02. The van der Waals surface area contributed by atoms with Crippen molar-refractivity contribution in [1.29, 1.82) is 0 Å². The zero-order chi connectivity index (χ0) is 12.1. The Morgan fingerprint density at radius 3 is 2.94 bits per heavy atom. The normalized spacial score (nSPS) is 10.7. The molecule has 0 unspecified atom stereocenters. The summed E-state index contributed by atoms with van der Waals surface area (Å²) in [6, 6.07) is 0. The second kappa shape index (κ2) is 5.92. The van der Waals surface area contributed by atoms with E-state index in [0.717, 1.165) is 28.3 Å². The summed E-state index contributed by atoms with van der Waals surface area (Å²) in [5, 5.41) is 23.4. The van der Waals surface area contributed by atoms with Gasteiger partial charge in [0.05, 0.1) is 5.75 Å². The van der Waals surface area contributed by atoms with Crippen LogP contribution in [0.25, 0.3) is 0 Å². The minimum Gasteiger partial charge on any atom is -0.363 e. The summed E-state index contributed by atoms with van der Waals surface area (Å²) in [4.78, 5) is 0. The molecule has 2 heterocycles. The van der Waals surface area contributed by atoms with E-state index < -0.39 is 0 Å². The van der Waals surface area contributed by atoms with Crippen molar-refractivity contribution in [2.45, 2.75) is 30.0 Å². The summed E-state index contributed by atoms with van der Waals surface area (Å²) in [7, 11) is 1.83. The lowest BCUT2D eigenvalue weighted by Crippen LogP contribution is -2.04. The topological polar surface area (TPSA) is 81.4 Å². The molecule has 2 aromatic rings. The van der Waals surface area contributed by atoms with E-state index in [1.807, 2.05) is 11.7 Å². The maximum absolute atomic E-state index is 4.05. The van der Waals surface area contributed by atoms with E-state index in [1.54, 1.807) is 11.8 Å². The molecule has 0 saturated carbocycles. The summed E-state index contributed by atoms with van der Waals surface area (Å²) in [5.74, 6) is 1.59. The molecule has 7 nitrogen and oxygen atoms in total. The van der Waals surface area contributed by atoms with Crippen LogP contribution in [-0.4, -0.2) is 37.5 Å². The van der Waals surface area contributed by atoms with Crippen LogP contribution in [0.5, 0.6) is 0 Å². The van der Waals surface area contributed by atoms with Crippen molar-refractivity contribution in [2.24, 2.45) is 0 Å². The van der Waals surface area contributed by atoms with E-state index in [-0.39, 0.29) is 0 Å². The van der Waals surface area contributed by atoms with Gasteiger partial charge in [-0.1, -0.05) is 30.0 Å². The van der Waals surface area contributed by atoms with E-state index in [1.165, 1.54) is 11.3 Å². The minimum absolute atomic E-state index is 0.714. The van der Waals surface area contributed by atoms with Gasteiger partial charge in [0.2, 0.25) is 5.13 Å². The molecule has 0 radical (unpaired) electrons. The number of thioether (sulfide) groups is 1. The molecule has 9 heteroatoms. The van der Waals surface area contributed by atoms with Gasteiger partial charge in [-0.2, -0.15) is 0 Å². The van der Waals surface area contributed by atoms with E-state index in [2.05, 4.69) is 38.0 Å². The third-order valence-electron chi connectivity index (χ3n) is 1.99. The molecule has 0 amide bonds. The third-order valence-corrected chi connectivity index (χ3v) is 4.06. The average molecular weight is 271 g/mol. The Labute approximate surface area is 107 Å². The highest BCUT2D eigenvalue weighted by atomic mass is 32.2. The van der Waals surface area contributed by atoms with E-state index in [4.69, 9.17) is 0 Å². The molecule has 0 spiro atoms. The van der Waals surface area contributed by atoms with Gasteiger partial charge < -0.3 is 5.32 Å². The van der Waals surface area contributed by atoms with Crippen molar-refractivity contribution >= 4 is 28.2 Å². The van der Waals surface area contributed by atoms with Crippen LogP contribution in [0.1, 0.15) is 19.2 Å². The number of nitrogens with one attached hydrogen (secondary N) is 1. The predicted octanol–water partition coefficient (Wildman–Crippen LogP) is 1.27. The van der Waals surface area contributed by atoms with Crippen molar-refractivity contribution in [3.8, 4) is 0 Å². The Bertz CT molecular complexity index is 466. The van der Waals surface area contributed by atoms with Crippen LogP contribution in [-0.2, 0) is 12.3 Å². The molecule has 0 bridgehead atoms. The first kappa shape index (κ1) is 12.2. The zero-order valence-electron chi connectivity index (χ0n) is 9.62. The Morgan fingerprint density at radius 2 is 2.24 bits per heavy atom. The molecule has 17 heavy (non-hydrogen) atoms. The highest BCUT2D eigenvalue weighted by Crippen LogP contribution is 2.27. The molecule has 1 N–H and O–H groups in total. The zero-order valence-corrected chi connectivity index (χ0v) is 11.3. The molecule has 2 aromatic heterocycles. The number of aryl methyl sites for hydroxylation is 1. The fourth-order valence-electron chi connectivity index (χ4n) is 1.21. The fourth-order valence-corrected chi connectivity index (χ4v) is 2.85. The summed E-state index contributed by atoms with van der Waals surface area (Å²) in [5.41, 5.74) is 0. The molecule has 2 rings (SSSR count). The quantitative estimate of drug-likeness (QED) is 0.792. The van der Waals surface area contributed by atoms with Gasteiger partial charge in [-0.15, -0.1) is 15.3 Å². The highest BCUT2D eigenvalue weighted by molar-refractivity contribution is 8.00.